The molecule has 0 bridgehead atoms. The molecule has 0 aliphatic heterocycles. The van der Waals surface area contributed by atoms with Crippen LogP contribution in [0.2, 0.25) is 0 Å². The summed E-state index contributed by atoms with van der Waals surface area (Å²) in [6, 6.07) is 3.99. The zero-order valence-corrected chi connectivity index (χ0v) is 11.4. The van der Waals surface area contributed by atoms with E-state index in [4.69, 9.17) is 9.26 Å². The van der Waals surface area contributed by atoms with Crippen molar-refractivity contribution in [3.8, 4) is 0 Å². The third-order valence-electron chi connectivity index (χ3n) is 2.94. The minimum Gasteiger partial charge on any atom is -0.383 e. The first-order valence-electron chi connectivity index (χ1n) is 6.23. The maximum atomic E-state index is 11.8. The van der Waals surface area contributed by atoms with E-state index < -0.39 is 0 Å². The molecule has 5 heteroatoms. The fraction of sp³-hybridized carbons (Fsp3) is 0.429. The molecule has 2 aromatic rings. The van der Waals surface area contributed by atoms with Crippen LogP contribution >= 0.6 is 0 Å². The molecule has 0 atom stereocenters. The molecule has 1 amide bonds. The van der Waals surface area contributed by atoms with Gasteiger partial charge in [0, 0.05) is 19.0 Å². The Morgan fingerprint density at radius 3 is 2.95 bits per heavy atom. The fourth-order valence-electron chi connectivity index (χ4n) is 2.15. The normalized spacial score (nSPS) is 10.9. The molecule has 1 heterocycles. The minimum atomic E-state index is -0.0766. The lowest BCUT2D eigenvalue weighted by molar-refractivity contribution is -0.120. The number of aromatic nitrogens is 1. The second kappa shape index (κ2) is 5.84. The number of methoxy groups -OCH3 is 1. The van der Waals surface area contributed by atoms with Gasteiger partial charge in [-0.25, -0.2) is 0 Å². The molecule has 19 heavy (non-hydrogen) atoms. The Labute approximate surface area is 111 Å². The molecule has 0 fully saturated rings. The molecular formula is C14H18N2O3. The number of ether oxygens (including phenoxy) is 1. The van der Waals surface area contributed by atoms with Crippen molar-refractivity contribution in [2.75, 3.05) is 20.3 Å². The highest BCUT2D eigenvalue weighted by atomic mass is 16.5. The van der Waals surface area contributed by atoms with Crippen molar-refractivity contribution in [1.29, 1.82) is 0 Å². The molecule has 0 aliphatic rings. The fourth-order valence-corrected chi connectivity index (χ4v) is 2.15. The van der Waals surface area contributed by atoms with Crippen LogP contribution in [0.4, 0.5) is 0 Å². The van der Waals surface area contributed by atoms with E-state index in [2.05, 4.69) is 16.5 Å². The van der Waals surface area contributed by atoms with Crippen LogP contribution in [0, 0.1) is 13.8 Å². The summed E-state index contributed by atoms with van der Waals surface area (Å²) in [5.74, 6) is -0.0766. The lowest BCUT2D eigenvalue weighted by Crippen LogP contribution is -2.28. The number of hydrogen-bond acceptors (Lipinski definition) is 4. The van der Waals surface area contributed by atoms with E-state index in [-0.39, 0.29) is 12.3 Å². The van der Waals surface area contributed by atoms with Gasteiger partial charge in [-0.3, -0.25) is 4.79 Å². The van der Waals surface area contributed by atoms with Crippen LogP contribution < -0.4 is 5.32 Å². The van der Waals surface area contributed by atoms with Crippen molar-refractivity contribution >= 4 is 16.9 Å². The predicted octanol–water partition coefficient (Wildman–Crippen LogP) is 1.75. The molecular weight excluding hydrogens is 244 g/mol. The van der Waals surface area contributed by atoms with Crippen LogP contribution in [-0.4, -0.2) is 31.3 Å². The molecule has 1 aromatic carbocycles. The highest BCUT2D eigenvalue weighted by Gasteiger charge is 2.14. The van der Waals surface area contributed by atoms with Crippen molar-refractivity contribution in [2.45, 2.75) is 20.3 Å². The summed E-state index contributed by atoms with van der Waals surface area (Å²) < 4.78 is 10.2. The topological polar surface area (TPSA) is 64.4 Å². The zero-order chi connectivity index (χ0) is 13.8. The summed E-state index contributed by atoms with van der Waals surface area (Å²) in [5.41, 5.74) is 3.62. The standard InChI is InChI=1S/C14H18N2O3/c1-9-6-10(2)14-11(16-19-12(14)7-9)8-13(17)15-4-5-18-3/h6-7H,4-5,8H2,1-3H3,(H,15,17). The maximum absolute atomic E-state index is 11.8. The van der Waals surface area contributed by atoms with E-state index in [1.807, 2.05) is 19.9 Å². The van der Waals surface area contributed by atoms with Gasteiger partial charge in [0.15, 0.2) is 5.58 Å². The minimum absolute atomic E-state index is 0.0766. The van der Waals surface area contributed by atoms with Gasteiger partial charge in [-0.1, -0.05) is 11.2 Å². The Morgan fingerprint density at radius 1 is 1.42 bits per heavy atom. The average Bonchev–Trinajstić information content (AvgIpc) is 2.72. The number of aryl methyl sites for hydroxylation is 2. The average molecular weight is 262 g/mol. The SMILES string of the molecule is COCCNC(=O)Cc1noc2cc(C)cc(C)c12. The predicted molar refractivity (Wildman–Crippen MR) is 72.1 cm³/mol. The summed E-state index contributed by atoms with van der Waals surface area (Å²) >= 11 is 0. The number of amides is 1. The summed E-state index contributed by atoms with van der Waals surface area (Å²) in [6.07, 6.45) is 0.223. The second-order valence-electron chi connectivity index (χ2n) is 4.60. The van der Waals surface area contributed by atoms with Gasteiger partial charge in [-0.2, -0.15) is 0 Å². The van der Waals surface area contributed by atoms with E-state index in [0.29, 0.717) is 18.8 Å². The molecule has 2 rings (SSSR count). The summed E-state index contributed by atoms with van der Waals surface area (Å²) in [5, 5.41) is 7.71. The Balaban J connectivity index is 2.15. The summed E-state index contributed by atoms with van der Waals surface area (Å²) in [4.78, 5) is 11.8. The van der Waals surface area contributed by atoms with Crippen LogP contribution in [0.15, 0.2) is 16.7 Å². The molecule has 0 spiro atoms. The van der Waals surface area contributed by atoms with Gasteiger partial charge in [0.05, 0.1) is 13.0 Å². The van der Waals surface area contributed by atoms with Crippen LogP contribution in [0.3, 0.4) is 0 Å². The smallest absolute Gasteiger partial charge is 0.226 e. The van der Waals surface area contributed by atoms with Crippen molar-refractivity contribution in [3.63, 3.8) is 0 Å². The van der Waals surface area contributed by atoms with Crippen molar-refractivity contribution in [2.24, 2.45) is 0 Å². The van der Waals surface area contributed by atoms with E-state index in [0.717, 1.165) is 22.1 Å². The number of hydrogen-bond donors (Lipinski definition) is 1. The van der Waals surface area contributed by atoms with Gasteiger partial charge in [0.25, 0.3) is 0 Å². The number of carbonyl (C=O) groups excluding carboxylic acids is 1. The number of nitrogens with one attached hydrogen (secondary N) is 1. The van der Waals surface area contributed by atoms with Gasteiger partial charge in [0.2, 0.25) is 5.91 Å². The lowest BCUT2D eigenvalue weighted by atomic mass is 10.0. The number of nitrogens with zero attached hydrogens (tertiary/aromatic N) is 1. The lowest BCUT2D eigenvalue weighted by Gasteiger charge is -2.03. The van der Waals surface area contributed by atoms with E-state index in [1.165, 1.54) is 0 Å². The van der Waals surface area contributed by atoms with E-state index in [9.17, 15) is 4.79 Å². The Bertz CT molecular complexity index is 590. The first kappa shape index (κ1) is 13.5. The number of benzene rings is 1. The molecule has 102 valence electrons. The van der Waals surface area contributed by atoms with Crippen LogP contribution in [0.25, 0.3) is 11.0 Å². The van der Waals surface area contributed by atoms with E-state index in [1.54, 1.807) is 7.11 Å². The number of fused-ring (bicyclic) bond motifs is 1. The van der Waals surface area contributed by atoms with Crippen LogP contribution in [0.5, 0.6) is 0 Å². The molecule has 0 saturated heterocycles. The summed E-state index contributed by atoms with van der Waals surface area (Å²) in [7, 11) is 1.60. The third kappa shape index (κ3) is 3.12. The van der Waals surface area contributed by atoms with Gasteiger partial charge >= 0.3 is 0 Å². The number of rotatable bonds is 5. The molecule has 0 aliphatic carbocycles. The monoisotopic (exact) mass is 262 g/mol. The zero-order valence-electron chi connectivity index (χ0n) is 11.4. The van der Waals surface area contributed by atoms with Crippen LogP contribution in [0.1, 0.15) is 16.8 Å². The number of carbonyl (C=O) groups is 1. The molecule has 0 saturated carbocycles. The molecule has 0 radical (unpaired) electrons. The van der Waals surface area contributed by atoms with Gasteiger partial charge < -0.3 is 14.6 Å². The third-order valence-corrected chi connectivity index (χ3v) is 2.94. The molecule has 1 N–H and O–H groups in total. The Kier molecular flexibility index (Phi) is 4.16. The first-order valence-corrected chi connectivity index (χ1v) is 6.23. The largest absolute Gasteiger partial charge is 0.383 e. The highest BCUT2D eigenvalue weighted by molar-refractivity contribution is 5.88. The molecule has 5 nitrogen and oxygen atoms in total. The quantitative estimate of drug-likeness (QED) is 0.834. The first-order chi connectivity index (χ1) is 9.11. The van der Waals surface area contributed by atoms with Gasteiger partial charge in [0.1, 0.15) is 5.69 Å². The van der Waals surface area contributed by atoms with Gasteiger partial charge in [-0.15, -0.1) is 0 Å². The maximum Gasteiger partial charge on any atom is 0.226 e. The highest BCUT2D eigenvalue weighted by Crippen LogP contribution is 2.24. The Hall–Kier alpha value is -1.88. The van der Waals surface area contributed by atoms with Crippen molar-refractivity contribution in [3.05, 3.63) is 29.0 Å². The Morgan fingerprint density at radius 2 is 2.21 bits per heavy atom. The van der Waals surface area contributed by atoms with Crippen molar-refractivity contribution in [1.82, 2.24) is 10.5 Å². The van der Waals surface area contributed by atoms with Crippen LogP contribution in [-0.2, 0) is 16.0 Å². The van der Waals surface area contributed by atoms with Gasteiger partial charge in [-0.05, 0) is 31.0 Å². The van der Waals surface area contributed by atoms with Crippen molar-refractivity contribution < 1.29 is 14.1 Å². The molecule has 0 unspecified atom stereocenters. The summed E-state index contributed by atoms with van der Waals surface area (Å²) in [6.45, 7) is 5.01. The second-order valence-corrected chi connectivity index (χ2v) is 4.60. The molecule has 1 aromatic heterocycles. The van der Waals surface area contributed by atoms with E-state index >= 15 is 0 Å².